The van der Waals surface area contributed by atoms with E-state index in [1.807, 2.05) is 48.5 Å². The Kier molecular flexibility index (Phi) is 9.94. The molecule has 3 aromatic rings. The Morgan fingerprint density at radius 3 is 2.63 bits per heavy atom. The van der Waals surface area contributed by atoms with E-state index < -0.39 is 11.9 Å². The summed E-state index contributed by atoms with van der Waals surface area (Å²) in [6.45, 7) is 0. The Morgan fingerprint density at radius 2 is 1.83 bits per heavy atom. The van der Waals surface area contributed by atoms with Gasteiger partial charge in [-0.25, -0.2) is 5.48 Å². The topological polar surface area (TPSA) is 120 Å². The van der Waals surface area contributed by atoms with Gasteiger partial charge in [0, 0.05) is 28.6 Å². The first-order chi connectivity index (χ1) is 17.0. The molecule has 8 nitrogen and oxygen atoms in total. The molecule has 0 bridgehead atoms. The van der Waals surface area contributed by atoms with Gasteiger partial charge in [-0.2, -0.15) is 0 Å². The smallest absolute Gasteiger partial charge is 0.247 e. The van der Waals surface area contributed by atoms with Crippen LogP contribution in [0.1, 0.15) is 37.7 Å². The number of para-hydroxylation sites is 1. The van der Waals surface area contributed by atoms with Gasteiger partial charge >= 0.3 is 0 Å². The fourth-order valence-electron chi connectivity index (χ4n) is 3.56. The zero-order valence-corrected chi connectivity index (χ0v) is 20.6. The summed E-state index contributed by atoms with van der Waals surface area (Å²) in [7, 11) is 0. The number of carbonyl (C=O) groups excluding carboxylic acids is 3. The minimum Gasteiger partial charge on any atom is -0.341 e. The van der Waals surface area contributed by atoms with Crippen LogP contribution in [0.2, 0.25) is 0 Å². The summed E-state index contributed by atoms with van der Waals surface area (Å²) in [5.41, 5.74) is 3.68. The number of nitrogens with one attached hydrogen (secondary N) is 3. The number of aromatic nitrogens is 1. The molecular formula is C26H27BrN4O4. The molecule has 0 spiro atoms. The molecule has 0 radical (unpaired) electrons. The molecule has 182 valence electrons. The van der Waals surface area contributed by atoms with Crippen LogP contribution in [0, 0.1) is 0 Å². The number of fused-ring (bicyclic) bond motifs is 1. The zero-order valence-electron chi connectivity index (χ0n) is 19.0. The first kappa shape index (κ1) is 26.1. The Labute approximate surface area is 211 Å². The summed E-state index contributed by atoms with van der Waals surface area (Å²) in [5, 5.41) is 15.2. The van der Waals surface area contributed by atoms with Crippen molar-refractivity contribution in [2.24, 2.45) is 0 Å². The number of anilines is 1. The maximum Gasteiger partial charge on any atom is 0.247 e. The predicted octanol–water partition coefficient (Wildman–Crippen LogP) is 4.59. The highest BCUT2D eigenvalue weighted by atomic mass is 79.9. The second-order valence-electron chi connectivity index (χ2n) is 7.95. The van der Waals surface area contributed by atoms with Crippen molar-refractivity contribution in [3.05, 3.63) is 76.9 Å². The molecule has 0 saturated carbocycles. The van der Waals surface area contributed by atoms with Crippen molar-refractivity contribution >= 4 is 56.3 Å². The van der Waals surface area contributed by atoms with Gasteiger partial charge < -0.3 is 10.6 Å². The molecule has 1 atom stereocenters. The summed E-state index contributed by atoms with van der Waals surface area (Å²) in [6, 6.07) is 16.0. The van der Waals surface area contributed by atoms with E-state index in [0.717, 1.165) is 15.4 Å². The Bertz CT molecular complexity index is 1210. The lowest BCUT2D eigenvalue weighted by atomic mass is 10.1. The highest BCUT2D eigenvalue weighted by Crippen LogP contribution is 2.21. The van der Waals surface area contributed by atoms with Crippen molar-refractivity contribution in [2.45, 2.75) is 38.1 Å². The molecule has 9 heteroatoms. The molecule has 3 amide bonds. The number of unbranched alkanes of at least 4 members (excludes halogenated alkanes) is 2. The summed E-state index contributed by atoms with van der Waals surface area (Å²) < 4.78 is 0.899. The van der Waals surface area contributed by atoms with E-state index in [2.05, 4.69) is 31.5 Å². The molecule has 1 aromatic heterocycles. The molecule has 0 unspecified atom stereocenters. The van der Waals surface area contributed by atoms with Crippen LogP contribution in [0.15, 0.2) is 71.3 Å². The van der Waals surface area contributed by atoms with E-state index in [1.54, 1.807) is 23.8 Å². The molecule has 3 rings (SSSR count). The minimum absolute atomic E-state index is 0.191. The molecule has 0 aliphatic carbocycles. The van der Waals surface area contributed by atoms with Crippen LogP contribution in [0.4, 0.5) is 5.69 Å². The van der Waals surface area contributed by atoms with E-state index in [4.69, 9.17) is 5.21 Å². The quantitative estimate of drug-likeness (QED) is 0.123. The van der Waals surface area contributed by atoms with Crippen LogP contribution in [-0.4, -0.2) is 34.0 Å². The van der Waals surface area contributed by atoms with Crippen LogP contribution in [0.25, 0.3) is 17.0 Å². The predicted molar refractivity (Wildman–Crippen MR) is 138 cm³/mol. The van der Waals surface area contributed by atoms with Crippen LogP contribution in [0.3, 0.4) is 0 Å². The summed E-state index contributed by atoms with van der Waals surface area (Å²) in [6.07, 6.45) is 7.15. The SMILES string of the molecule is O=C(/C=C/c1cccc(Br)c1)N[C@@H](CCCCCC(=O)NO)C(=O)Nc1cccc2cccnc12. The lowest BCUT2D eigenvalue weighted by molar-refractivity contribution is -0.129. The summed E-state index contributed by atoms with van der Waals surface area (Å²) in [5.74, 6) is -1.19. The Hall–Kier alpha value is -3.56. The largest absolute Gasteiger partial charge is 0.341 e. The van der Waals surface area contributed by atoms with Crippen molar-refractivity contribution in [1.29, 1.82) is 0 Å². The number of pyridine rings is 1. The molecule has 4 N–H and O–H groups in total. The number of hydroxylamine groups is 1. The molecule has 35 heavy (non-hydrogen) atoms. The number of rotatable bonds is 11. The van der Waals surface area contributed by atoms with Gasteiger partial charge in [-0.3, -0.25) is 24.6 Å². The average molecular weight is 539 g/mol. The fourth-order valence-corrected chi connectivity index (χ4v) is 3.98. The highest BCUT2D eigenvalue weighted by Gasteiger charge is 2.20. The van der Waals surface area contributed by atoms with E-state index >= 15 is 0 Å². The molecular weight excluding hydrogens is 512 g/mol. The molecule has 2 aromatic carbocycles. The maximum atomic E-state index is 13.1. The van der Waals surface area contributed by atoms with E-state index in [-0.39, 0.29) is 18.2 Å². The van der Waals surface area contributed by atoms with Crippen molar-refractivity contribution in [2.75, 3.05) is 5.32 Å². The summed E-state index contributed by atoms with van der Waals surface area (Å²) >= 11 is 3.40. The molecule has 1 heterocycles. The van der Waals surface area contributed by atoms with Gasteiger partial charge in [-0.15, -0.1) is 0 Å². The van der Waals surface area contributed by atoms with Gasteiger partial charge in [0.2, 0.25) is 17.7 Å². The Morgan fingerprint density at radius 1 is 1.03 bits per heavy atom. The van der Waals surface area contributed by atoms with Crippen molar-refractivity contribution in [3.63, 3.8) is 0 Å². The van der Waals surface area contributed by atoms with Gasteiger partial charge in [0.1, 0.15) is 6.04 Å². The van der Waals surface area contributed by atoms with Crippen molar-refractivity contribution < 1.29 is 19.6 Å². The van der Waals surface area contributed by atoms with Crippen LogP contribution in [0.5, 0.6) is 0 Å². The maximum absolute atomic E-state index is 13.1. The van der Waals surface area contributed by atoms with Gasteiger partial charge in [0.15, 0.2) is 0 Å². The van der Waals surface area contributed by atoms with Crippen LogP contribution in [-0.2, 0) is 14.4 Å². The average Bonchev–Trinajstić information content (AvgIpc) is 2.86. The normalized spacial score (nSPS) is 11.8. The Balaban J connectivity index is 1.67. The number of benzene rings is 2. The van der Waals surface area contributed by atoms with E-state index in [9.17, 15) is 14.4 Å². The monoisotopic (exact) mass is 538 g/mol. The molecule has 0 fully saturated rings. The van der Waals surface area contributed by atoms with Crippen molar-refractivity contribution in [3.8, 4) is 0 Å². The second kappa shape index (κ2) is 13.4. The highest BCUT2D eigenvalue weighted by molar-refractivity contribution is 9.10. The minimum atomic E-state index is -0.778. The standard InChI is InChI=1S/C26H27BrN4O4/c27-20-10-4-7-18(17-20)14-15-23(32)29-22(11-2-1-3-13-24(33)31-35)26(34)30-21-12-5-8-19-9-6-16-28-25(19)21/h4-10,12,14-17,22,35H,1-3,11,13H2,(H,29,32)(H,30,34)(H,31,33)/b15-14+/t22-/m0/s1. The second-order valence-corrected chi connectivity index (χ2v) is 8.87. The van der Waals surface area contributed by atoms with E-state index in [0.29, 0.717) is 36.9 Å². The van der Waals surface area contributed by atoms with Crippen LogP contribution < -0.4 is 16.1 Å². The molecule has 0 aliphatic heterocycles. The van der Waals surface area contributed by atoms with Gasteiger partial charge in [-0.1, -0.05) is 59.1 Å². The number of hydrogen-bond acceptors (Lipinski definition) is 5. The lowest BCUT2D eigenvalue weighted by Crippen LogP contribution is -2.43. The number of hydrogen-bond donors (Lipinski definition) is 4. The first-order valence-electron chi connectivity index (χ1n) is 11.3. The molecule has 0 aliphatic rings. The van der Waals surface area contributed by atoms with Crippen molar-refractivity contribution in [1.82, 2.24) is 15.8 Å². The van der Waals surface area contributed by atoms with Crippen LogP contribution >= 0.6 is 15.9 Å². The van der Waals surface area contributed by atoms with Gasteiger partial charge in [0.25, 0.3) is 0 Å². The third-order valence-corrected chi connectivity index (χ3v) is 5.81. The lowest BCUT2D eigenvalue weighted by Gasteiger charge is -2.18. The third kappa shape index (κ3) is 8.31. The fraction of sp³-hybridized carbons (Fsp3) is 0.231. The third-order valence-electron chi connectivity index (χ3n) is 5.32. The summed E-state index contributed by atoms with van der Waals surface area (Å²) in [4.78, 5) is 41.3. The zero-order chi connectivity index (χ0) is 25.0. The van der Waals surface area contributed by atoms with E-state index in [1.165, 1.54) is 6.08 Å². The number of nitrogens with zero attached hydrogens (tertiary/aromatic N) is 1. The van der Waals surface area contributed by atoms with Gasteiger partial charge in [-0.05, 0) is 48.7 Å². The number of amides is 3. The first-order valence-corrected chi connectivity index (χ1v) is 12.1. The molecule has 0 saturated heterocycles. The number of halogens is 1. The van der Waals surface area contributed by atoms with Gasteiger partial charge in [0.05, 0.1) is 11.2 Å². The number of carbonyl (C=O) groups is 3.